The van der Waals surface area contributed by atoms with Crippen LogP contribution in [-0.4, -0.2) is 54.7 Å². The number of aromatic hydroxyl groups is 1. The molecule has 0 amide bonds. The summed E-state index contributed by atoms with van der Waals surface area (Å²) in [5, 5.41) is 9.76. The maximum Gasteiger partial charge on any atom is 0.142 e. The summed E-state index contributed by atoms with van der Waals surface area (Å²) in [5.41, 5.74) is 1.33. The molecule has 0 atom stereocenters. The molecule has 1 fully saturated rings. The lowest BCUT2D eigenvalue weighted by Crippen LogP contribution is -2.44. The molecule has 1 aromatic carbocycles. The second-order valence-corrected chi connectivity index (χ2v) is 7.48. The summed E-state index contributed by atoms with van der Waals surface area (Å²) in [4.78, 5) is 4.94. The van der Waals surface area contributed by atoms with Crippen molar-refractivity contribution in [1.29, 1.82) is 0 Å². The molecule has 0 aliphatic carbocycles. The molecule has 0 radical (unpaired) electrons. The van der Waals surface area contributed by atoms with Gasteiger partial charge in [0.2, 0.25) is 0 Å². The Morgan fingerprint density at radius 1 is 1.11 bits per heavy atom. The smallest absolute Gasteiger partial charge is 0.142 e. The predicted octanol–water partition coefficient (Wildman–Crippen LogP) is 2.78. The van der Waals surface area contributed by atoms with Crippen LogP contribution in [0, 0.1) is 7.14 Å². The number of piperazine rings is 1. The van der Waals surface area contributed by atoms with Crippen molar-refractivity contribution in [3.05, 3.63) is 24.8 Å². The van der Waals surface area contributed by atoms with Crippen LogP contribution in [0.5, 0.6) is 5.75 Å². The van der Waals surface area contributed by atoms with Crippen LogP contribution < -0.4 is 0 Å². The summed E-state index contributed by atoms with van der Waals surface area (Å²) >= 11 is 4.40. The molecule has 3 nitrogen and oxygen atoms in total. The van der Waals surface area contributed by atoms with Gasteiger partial charge in [0, 0.05) is 26.2 Å². The van der Waals surface area contributed by atoms with E-state index in [1.54, 1.807) is 0 Å². The van der Waals surface area contributed by atoms with Gasteiger partial charge in [0.15, 0.2) is 0 Å². The van der Waals surface area contributed by atoms with Crippen molar-refractivity contribution >= 4 is 45.2 Å². The van der Waals surface area contributed by atoms with Gasteiger partial charge in [0.25, 0.3) is 0 Å². The van der Waals surface area contributed by atoms with Gasteiger partial charge in [-0.1, -0.05) is 0 Å². The fraction of sp³-hybridized carbons (Fsp3) is 0.571. The molecule has 0 bridgehead atoms. The molecule has 0 spiro atoms. The summed E-state index contributed by atoms with van der Waals surface area (Å²) in [6, 6.07) is 4.20. The lowest BCUT2D eigenvalue weighted by atomic mass is 10.1. The van der Waals surface area contributed by atoms with E-state index in [-0.39, 0.29) is 0 Å². The minimum Gasteiger partial charge on any atom is -0.506 e. The van der Waals surface area contributed by atoms with Gasteiger partial charge in [0.05, 0.1) is 7.14 Å². The Morgan fingerprint density at radius 3 is 2.26 bits per heavy atom. The number of aryl methyl sites for hydroxylation is 1. The molecule has 1 aliphatic rings. The van der Waals surface area contributed by atoms with Gasteiger partial charge in [0.1, 0.15) is 5.75 Å². The highest BCUT2D eigenvalue weighted by atomic mass is 127. The molecule has 1 aromatic rings. The van der Waals surface area contributed by atoms with E-state index in [4.69, 9.17) is 0 Å². The molecule has 1 saturated heterocycles. The van der Waals surface area contributed by atoms with Crippen LogP contribution in [0.3, 0.4) is 0 Å². The highest BCUT2D eigenvalue weighted by Crippen LogP contribution is 2.27. The highest BCUT2D eigenvalue weighted by molar-refractivity contribution is 14.1. The Hall–Kier alpha value is 0.400. The van der Waals surface area contributed by atoms with Crippen molar-refractivity contribution < 1.29 is 5.11 Å². The molecule has 0 saturated carbocycles. The lowest BCUT2D eigenvalue weighted by molar-refractivity contribution is 0.153. The maximum absolute atomic E-state index is 9.76. The lowest BCUT2D eigenvalue weighted by Gasteiger charge is -2.32. The third-order valence-electron chi connectivity index (χ3n) is 3.61. The normalized spacial score (nSPS) is 17.8. The van der Waals surface area contributed by atoms with Crippen molar-refractivity contribution in [1.82, 2.24) is 9.80 Å². The number of hydrogen-bond acceptors (Lipinski definition) is 3. The molecule has 106 valence electrons. The van der Waals surface area contributed by atoms with Gasteiger partial charge in [-0.05, 0) is 89.3 Å². The molecule has 1 heterocycles. The first-order chi connectivity index (χ1) is 9.06. The van der Waals surface area contributed by atoms with Gasteiger partial charge in [-0.25, -0.2) is 0 Å². The van der Waals surface area contributed by atoms with Crippen molar-refractivity contribution in [2.24, 2.45) is 0 Å². The first-order valence-corrected chi connectivity index (χ1v) is 8.80. The Balaban J connectivity index is 1.79. The van der Waals surface area contributed by atoms with Crippen molar-refractivity contribution in [2.75, 3.05) is 39.8 Å². The van der Waals surface area contributed by atoms with E-state index in [0.717, 1.165) is 13.6 Å². The van der Waals surface area contributed by atoms with Gasteiger partial charge in [-0.15, -0.1) is 0 Å². The second kappa shape index (κ2) is 7.42. The number of benzene rings is 1. The van der Waals surface area contributed by atoms with E-state index < -0.39 is 0 Å². The monoisotopic (exact) mass is 486 g/mol. The molecule has 1 aliphatic heterocycles. The van der Waals surface area contributed by atoms with E-state index in [0.29, 0.717) is 5.75 Å². The first kappa shape index (κ1) is 15.8. The van der Waals surface area contributed by atoms with Crippen LogP contribution in [-0.2, 0) is 6.42 Å². The Labute approximate surface area is 142 Å². The standard InChI is InChI=1S/C14H20I2N2O/c1-17-5-7-18(8-6-17)4-2-3-11-9-12(15)14(19)13(16)10-11/h9-10,19H,2-8H2,1H3. The van der Waals surface area contributed by atoms with Gasteiger partial charge < -0.3 is 14.9 Å². The van der Waals surface area contributed by atoms with Crippen molar-refractivity contribution in [2.45, 2.75) is 12.8 Å². The quantitative estimate of drug-likeness (QED) is 0.664. The zero-order chi connectivity index (χ0) is 13.8. The predicted molar refractivity (Wildman–Crippen MR) is 95.8 cm³/mol. The number of likely N-dealkylation sites (N-methyl/N-ethyl adjacent to an activating group) is 1. The molecule has 2 rings (SSSR count). The summed E-state index contributed by atoms with van der Waals surface area (Å²) in [7, 11) is 2.19. The van der Waals surface area contributed by atoms with E-state index in [9.17, 15) is 5.11 Å². The van der Waals surface area contributed by atoms with Crippen LogP contribution in [0.2, 0.25) is 0 Å². The average Bonchev–Trinajstić information content (AvgIpc) is 2.38. The highest BCUT2D eigenvalue weighted by Gasteiger charge is 2.13. The SMILES string of the molecule is CN1CCN(CCCc2cc(I)c(O)c(I)c2)CC1. The minimum absolute atomic E-state index is 0.420. The zero-order valence-corrected chi connectivity index (χ0v) is 15.5. The third kappa shape index (κ3) is 4.71. The Bertz CT molecular complexity index is 408. The number of nitrogens with zero attached hydrogens (tertiary/aromatic N) is 2. The number of phenolic OH excluding ortho intramolecular Hbond substituents is 1. The van der Waals surface area contributed by atoms with Gasteiger partial charge in [-0.2, -0.15) is 0 Å². The van der Waals surface area contributed by atoms with E-state index in [1.165, 1.54) is 44.7 Å². The molecule has 0 aromatic heterocycles. The summed E-state index contributed by atoms with van der Waals surface area (Å²) in [5.74, 6) is 0.420. The van der Waals surface area contributed by atoms with Crippen LogP contribution >= 0.6 is 45.2 Å². The van der Waals surface area contributed by atoms with Crippen LogP contribution in [0.4, 0.5) is 0 Å². The maximum atomic E-state index is 9.76. The Kier molecular flexibility index (Phi) is 6.16. The molecule has 19 heavy (non-hydrogen) atoms. The number of hydrogen-bond donors (Lipinski definition) is 1. The molecule has 0 unspecified atom stereocenters. The fourth-order valence-electron chi connectivity index (χ4n) is 2.34. The summed E-state index contributed by atoms with van der Waals surface area (Å²) in [6.07, 6.45) is 2.29. The van der Waals surface area contributed by atoms with E-state index >= 15 is 0 Å². The first-order valence-electron chi connectivity index (χ1n) is 6.64. The fourth-order valence-corrected chi connectivity index (χ4v) is 4.24. The number of rotatable bonds is 4. The molecular formula is C14H20I2N2O. The van der Waals surface area contributed by atoms with Crippen LogP contribution in [0.15, 0.2) is 12.1 Å². The number of halogens is 2. The average molecular weight is 486 g/mol. The molecule has 1 N–H and O–H groups in total. The summed E-state index contributed by atoms with van der Waals surface area (Å²) < 4.78 is 1.91. The third-order valence-corrected chi connectivity index (χ3v) is 5.26. The van der Waals surface area contributed by atoms with E-state index in [1.807, 2.05) is 0 Å². The van der Waals surface area contributed by atoms with Crippen LogP contribution in [0.1, 0.15) is 12.0 Å². The van der Waals surface area contributed by atoms with E-state index in [2.05, 4.69) is 74.2 Å². The minimum atomic E-state index is 0.420. The topological polar surface area (TPSA) is 26.7 Å². The van der Waals surface area contributed by atoms with Crippen molar-refractivity contribution in [3.8, 4) is 5.75 Å². The molecule has 5 heteroatoms. The van der Waals surface area contributed by atoms with Crippen molar-refractivity contribution in [3.63, 3.8) is 0 Å². The zero-order valence-electron chi connectivity index (χ0n) is 11.2. The van der Waals surface area contributed by atoms with Gasteiger partial charge >= 0.3 is 0 Å². The number of phenols is 1. The second-order valence-electron chi connectivity index (χ2n) is 5.16. The summed E-state index contributed by atoms with van der Waals surface area (Å²) in [6.45, 7) is 5.95. The largest absolute Gasteiger partial charge is 0.506 e. The molecular weight excluding hydrogens is 466 g/mol. The van der Waals surface area contributed by atoms with Gasteiger partial charge in [-0.3, -0.25) is 0 Å². The van der Waals surface area contributed by atoms with Crippen LogP contribution in [0.25, 0.3) is 0 Å². The Morgan fingerprint density at radius 2 is 1.68 bits per heavy atom.